The summed E-state index contributed by atoms with van der Waals surface area (Å²) in [4.78, 5) is 0. The summed E-state index contributed by atoms with van der Waals surface area (Å²) >= 11 is 5.99. The molecule has 0 heterocycles. The van der Waals surface area contributed by atoms with Crippen molar-refractivity contribution in [3.63, 3.8) is 0 Å². The second-order valence-corrected chi connectivity index (χ2v) is 5.10. The van der Waals surface area contributed by atoms with Crippen LogP contribution in [0.4, 0.5) is 4.39 Å². The van der Waals surface area contributed by atoms with Crippen molar-refractivity contribution in [1.29, 1.82) is 0 Å². The van der Waals surface area contributed by atoms with E-state index in [-0.39, 0.29) is 18.2 Å². The van der Waals surface area contributed by atoms with Crippen molar-refractivity contribution in [1.82, 2.24) is 0 Å². The first-order valence-corrected chi connectivity index (χ1v) is 6.80. The Hall–Kier alpha value is -2.26. The summed E-state index contributed by atoms with van der Waals surface area (Å²) in [6.07, 6.45) is 0. The number of fused-ring (bicyclic) bond motifs is 1. The lowest BCUT2D eigenvalue weighted by atomic mass is 10.1. The summed E-state index contributed by atoms with van der Waals surface area (Å²) < 4.78 is 18.8. The van der Waals surface area contributed by atoms with E-state index < -0.39 is 0 Å². The fraction of sp³-hybridized carbons (Fsp3) is 0.0588. The first-order chi connectivity index (χ1) is 10.1. The first kappa shape index (κ1) is 13.7. The Morgan fingerprint density at radius 2 is 1.71 bits per heavy atom. The highest BCUT2D eigenvalue weighted by atomic mass is 35.5. The Morgan fingerprint density at radius 1 is 1.00 bits per heavy atom. The van der Waals surface area contributed by atoms with Crippen LogP contribution in [-0.2, 0) is 6.61 Å². The van der Waals surface area contributed by atoms with Gasteiger partial charge in [0.15, 0.2) is 11.5 Å². The maximum atomic E-state index is 13.2. The molecule has 0 aliphatic carbocycles. The van der Waals surface area contributed by atoms with E-state index in [0.29, 0.717) is 16.3 Å². The summed E-state index contributed by atoms with van der Waals surface area (Å²) in [6.45, 7) is 0.0858. The van der Waals surface area contributed by atoms with Gasteiger partial charge >= 0.3 is 0 Å². The molecule has 0 aliphatic rings. The highest BCUT2D eigenvalue weighted by Gasteiger charge is 2.08. The smallest absolute Gasteiger partial charge is 0.162 e. The highest BCUT2D eigenvalue weighted by Crippen LogP contribution is 2.32. The van der Waals surface area contributed by atoms with Gasteiger partial charge in [-0.15, -0.1) is 0 Å². The summed E-state index contributed by atoms with van der Waals surface area (Å²) in [6, 6.07) is 15.1. The second kappa shape index (κ2) is 5.62. The zero-order valence-corrected chi connectivity index (χ0v) is 11.8. The van der Waals surface area contributed by atoms with E-state index in [1.165, 1.54) is 18.2 Å². The van der Waals surface area contributed by atoms with Crippen LogP contribution in [0, 0.1) is 5.82 Å². The van der Waals surface area contributed by atoms with Gasteiger partial charge in [0.2, 0.25) is 0 Å². The van der Waals surface area contributed by atoms with Crippen LogP contribution in [0.3, 0.4) is 0 Å². The monoisotopic (exact) mass is 302 g/mol. The van der Waals surface area contributed by atoms with E-state index in [9.17, 15) is 9.50 Å². The van der Waals surface area contributed by atoms with Gasteiger partial charge in [-0.05, 0) is 41.1 Å². The van der Waals surface area contributed by atoms with Gasteiger partial charge in [-0.25, -0.2) is 4.39 Å². The molecule has 0 unspecified atom stereocenters. The third-order valence-corrected chi connectivity index (χ3v) is 3.59. The topological polar surface area (TPSA) is 29.5 Å². The van der Waals surface area contributed by atoms with Crippen molar-refractivity contribution in [3.05, 3.63) is 71.0 Å². The minimum Gasteiger partial charge on any atom is -0.504 e. The van der Waals surface area contributed by atoms with Crippen molar-refractivity contribution in [2.75, 3.05) is 0 Å². The number of benzene rings is 3. The van der Waals surface area contributed by atoms with Gasteiger partial charge in [0.05, 0.1) is 0 Å². The molecule has 0 aliphatic heterocycles. The maximum absolute atomic E-state index is 13.2. The third-order valence-electron chi connectivity index (χ3n) is 3.22. The lowest BCUT2D eigenvalue weighted by Gasteiger charge is -2.10. The van der Waals surface area contributed by atoms with Crippen molar-refractivity contribution < 1.29 is 14.2 Å². The molecule has 0 bridgehead atoms. The Morgan fingerprint density at radius 3 is 2.48 bits per heavy atom. The molecule has 0 aromatic heterocycles. The zero-order valence-electron chi connectivity index (χ0n) is 11.0. The molecule has 21 heavy (non-hydrogen) atoms. The zero-order chi connectivity index (χ0) is 14.8. The van der Waals surface area contributed by atoms with Crippen LogP contribution in [-0.4, -0.2) is 5.11 Å². The molecule has 1 N–H and O–H groups in total. The van der Waals surface area contributed by atoms with Crippen LogP contribution < -0.4 is 4.74 Å². The van der Waals surface area contributed by atoms with Gasteiger partial charge in [-0.3, -0.25) is 0 Å². The summed E-state index contributed by atoms with van der Waals surface area (Å²) in [7, 11) is 0. The molecule has 2 nitrogen and oxygen atoms in total. The molecular formula is C17H12ClFO2. The fourth-order valence-corrected chi connectivity index (χ4v) is 2.30. The quantitative estimate of drug-likeness (QED) is 0.744. The largest absolute Gasteiger partial charge is 0.504 e. The van der Waals surface area contributed by atoms with Crippen molar-refractivity contribution in [3.8, 4) is 11.5 Å². The fourth-order valence-electron chi connectivity index (χ4n) is 2.13. The normalized spacial score (nSPS) is 10.8. The van der Waals surface area contributed by atoms with Crippen LogP contribution >= 0.6 is 11.6 Å². The molecule has 0 saturated carbocycles. The van der Waals surface area contributed by atoms with Gasteiger partial charge in [0.1, 0.15) is 12.4 Å². The van der Waals surface area contributed by atoms with Gasteiger partial charge in [0, 0.05) is 10.6 Å². The first-order valence-electron chi connectivity index (χ1n) is 6.42. The Kier molecular flexibility index (Phi) is 3.67. The van der Waals surface area contributed by atoms with Crippen LogP contribution in [0.5, 0.6) is 11.5 Å². The maximum Gasteiger partial charge on any atom is 0.162 e. The SMILES string of the molecule is Oc1cc2ccccc2cc1OCc1cc(F)ccc1Cl. The van der Waals surface area contributed by atoms with Gasteiger partial charge in [0.25, 0.3) is 0 Å². The molecule has 0 atom stereocenters. The molecule has 0 spiro atoms. The van der Waals surface area contributed by atoms with E-state index in [1.807, 2.05) is 24.3 Å². The number of ether oxygens (including phenoxy) is 1. The van der Waals surface area contributed by atoms with E-state index >= 15 is 0 Å². The average Bonchev–Trinajstić information content (AvgIpc) is 2.48. The van der Waals surface area contributed by atoms with Crippen LogP contribution in [0.25, 0.3) is 10.8 Å². The van der Waals surface area contributed by atoms with Gasteiger partial charge in [-0.2, -0.15) is 0 Å². The number of phenols is 1. The Balaban J connectivity index is 1.88. The molecule has 0 radical (unpaired) electrons. The number of phenolic OH excluding ortho intramolecular Hbond substituents is 1. The summed E-state index contributed by atoms with van der Waals surface area (Å²) in [5, 5.41) is 12.3. The van der Waals surface area contributed by atoms with Crippen LogP contribution in [0.2, 0.25) is 5.02 Å². The Labute approximate surface area is 126 Å². The predicted molar refractivity (Wildman–Crippen MR) is 81.4 cm³/mol. The van der Waals surface area contributed by atoms with Gasteiger partial charge in [-0.1, -0.05) is 35.9 Å². The number of hydrogen-bond donors (Lipinski definition) is 1. The van der Waals surface area contributed by atoms with Gasteiger partial charge < -0.3 is 9.84 Å². The molecular weight excluding hydrogens is 291 g/mol. The lowest BCUT2D eigenvalue weighted by Crippen LogP contribution is -1.97. The Bertz CT molecular complexity index is 802. The minimum absolute atomic E-state index is 0.0428. The van der Waals surface area contributed by atoms with Crippen molar-refractivity contribution in [2.24, 2.45) is 0 Å². The standard InChI is InChI=1S/C17H12ClFO2/c18-15-6-5-14(19)7-13(15)10-21-17-9-12-4-2-1-3-11(12)8-16(17)20/h1-9,20H,10H2. The second-order valence-electron chi connectivity index (χ2n) is 4.69. The number of hydrogen-bond acceptors (Lipinski definition) is 2. The predicted octanol–water partition coefficient (Wildman–Crippen LogP) is 4.92. The molecule has 4 heteroatoms. The third kappa shape index (κ3) is 2.93. The number of aromatic hydroxyl groups is 1. The number of rotatable bonds is 3. The molecule has 3 rings (SSSR count). The molecule has 106 valence electrons. The van der Waals surface area contributed by atoms with Crippen LogP contribution in [0.1, 0.15) is 5.56 Å². The van der Waals surface area contributed by atoms with E-state index in [4.69, 9.17) is 16.3 Å². The summed E-state index contributed by atoms with van der Waals surface area (Å²) in [5.74, 6) is 0.0102. The molecule has 3 aromatic rings. The molecule has 3 aromatic carbocycles. The molecule has 0 saturated heterocycles. The average molecular weight is 303 g/mol. The minimum atomic E-state index is -0.374. The highest BCUT2D eigenvalue weighted by molar-refractivity contribution is 6.31. The molecule has 0 fully saturated rings. The van der Waals surface area contributed by atoms with E-state index in [2.05, 4.69) is 0 Å². The molecule has 0 amide bonds. The van der Waals surface area contributed by atoms with Crippen molar-refractivity contribution in [2.45, 2.75) is 6.61 Å². The van der Waals surface area contributed by atoms with E-state index in [0.717, 1.165) is 10.8 Å². The van der Waals surface area contributed by atoms with E-state index in [1.54, 1.807) is 12.1 Å². The lowest BCUT2D eigenvalue weighted by molar-refractivity contribution is 0.289. The number of halogens is 2. The van der Waals surface area contributed by atoms with Crippen molar-refractivity contribution >= 4 is 22.4 Å². The van der Waals surface area contributed by atoms with Crippen LogP contribution in [0.15, 0.2) is 54.6 Å². The summed E-state index contributed by atoms with van der Waals surface area (Å²) in [5.41, 5.74) is 0.532.